The first-order valence-electron chi connectivity index (χ1n) is 7.16. The number of carbonyl (C=O) groups is 2. The third-order valence-corrected chi connectivity index (χ3v) is 3.30. The average Bonchev–Trinajstić information content (AvgIpc) is 2.61. The lowest BCUT2D eigenvalue weighted by atomic mass is 10.1. The van der Waals surface area contributed by atoms with Crippen molar-refractivity contribution in [2.24, 2.45) is 0 Å². The number of hydrogen-bond acceptors (Lipinski definition) is 5. The van der Waals surface area contributed by atoms with Gasteiger partial charge in [-0.15, -0.1) is 0 Å². The topological polar surface area (TPSA) is 88.4 Å². The van der Waals surface area contributed by atoms with Crippen LogP contribution in [-0.2, 0) is 9.53 Å². The first-order chi connectivity index (χ1) is 11.5. The molecule has 2 rings (SSSR count). The van der Waals surface area contributed by atoms with E-state index in [1.165, 1.54) is 7.11 Å². The van der Waals surface area contributed by atoms with E-state index in [0.717, 1.165) is 5.56 Å². The zero-order valence-corrected chi connectivity index (χ0v) is 13.3. The zero-order chi connectivity index (χ0) is 17.5. The number of para-hydroxylation sites is 1. The maximum atomic E-state index is 12.1. The molecule has 0 spiro atoms. The Hall–Kier alpha value is -3.33. The van der Waals surface area contributed by atoms with Crippen molar-refractivity contribution in [1.82, 2.24) is 0 Å². The largest absolute Gasteiger partial charge is 0.482 e. The summed E-state index contributed by atoms with van der Waals surface area (Å²) in [5, 5.41) is 11.7. The number of nitrogens with one attached hydrogen (secondary N) is 1. The van der Waals surface area contributed by atoms with Crippen LogP contribution in [0.4, 0.5) is 5.69 Å². The first-order valence-corrected chi connectivity index (χ1v) is 7.16. The number of nitriles is 1. The van der Waals surface area contributed by atoms with Crippen LogP contribution in [0.3, 0.4) is 0 Å². The number of hydrogen-bond donors (Lipinski definition) is 1. The second-order valence-corrected chi connectivity index (χ2v) is 4.97. The van der Waals surface area contributed by atoms with E-state index >= 15 is 0 Å². The van der Waals surface area contributed by atoms with Gasteiger partial charge in [-0.25, -0.2) is 4.79 Å². The van der Waals surface area contributed by atoms with Crippen molar-refractivity contribution in [2.75, 3.05) is 19.0 Å². The number of methoxy groups -OCH3 is 1. The maximum absolute atomic E-state index is 12.1. The Morgan fingerprint density at radius 2 is 1.96 bits per heavy atom. The SMILES string of the molecule is COC(=O)c1ccc(C)c(NC(=O)COc2ccccc2C#N)c1. The molecule has 6 heteroatoms. The number of rotatable bonds is 5. The number of esters is 1. The standard InChI is InChI=1S/C18H16N2O4/c1-12-7-8-13(18(22)23-2)9-15(12)20-17(21)11-24-16-6-4-3-5-14(16)10-19/h3-9H,11H2,1-2H3,(H,20,21). The summed E-state index contributed by atoms with van der Waals surface area (Å²) in [4.78, 5) is 23.6. The summed E-state index contributed by atoms with van der Waals surface area (Å²) in [5.74, 6) is -0.535. The second kappa shape index (κ2) is 7.79. The van der Waals surface area contributed by atoms with Crippen molar-refractivity contribution in [3.05, 3.63) is 59.2 Å². The van der Waals surface area contributed by atoms with Gasteiger partial charge in [0.05, 0.1) is 18.2 Å². The van der Waals surface area contributed by atoms with Gasteiger partial charge in [0.15, 0.2) is 6.61 Å². The second-order valence-electron chi connectivity index (χ2n) is 4.97. The number of anilines is 1. The van der Waals surface area contributed by atoms with Crippen LogP contribution >= 0.6 is 0 Å². The number of aryl methyl sites for hydroxylation is 1. The van der Waals surface area contributed by atoms with Crippen LogP contribution in [0.15, 0.2) is 42.5 Å². The fourth-order valence-corrected chi connectivity index (χ4v) is 2.02. The van der Waals surface area contributed by atoms with Gasteiger partial charge in [-0.3, -0.25) is 4.79 Å². The molecule has 0 bridgehead atoms. The van der Waals surface area contributed by atoms with Crippen LogP contribution in [0, 0.1) is 18.3 Å². The summed E-state index contributed by atoms with van der Waals surface area (Å²) >= 11 is 0. The smallest absolute Gasteiger partial charge is 0.337 e. The molecule has 0 unspecified atom stereocenters. The van der Waals surface area contributed by atoms with Gasteiger partial charge in [-0.2, -0.15) is 5.26 Å². The lowest BCUT2D eigenvalue weighted by Crippen LogP contribution is -2.21. The van der Waals surface area contributed by atoms with Gasteiger partial charge in [0, 0.05) is 5.69 Å². The molecule has 0 saturated heterocycles. The molecular weight excluding hydrogens is 308 g/mol. The van der Waals surface area contributed by atoms with Gasteiger partial charge < -0.3 is 14.8 Å². The summed E-state index contributed by atoms with van der Waals surface area (Å²) in [7, 11) is 1.29. The molecule has 0 fully saturated rings. The number of nitrogens with zero attached hydrogens (tertiary/aromatic N) is 1. The van der Waals surface area contributed by atoms with E-state index in [2.05, 4.69) is 10.1 Å². The zero-order valence-electron chi connectivity index (χ0n) is 13.3. The van der Waals surface area contributed by atoms with Crippen molar-refractivity contribution in [3.63, 3.8) is 0 Å². The Morgan fingerprint density at radius 3 is 2.67 bits per heavy atom. The highest BCUT2D eigenvalue weighted by Gasteiger charge is 2.11. The van der Waals surface area contributed by atoms with Gasteiger partial charge in [0.1, 0.15) is 11.8 Å². The third-order valence-electron chi connectivity index (χ3n) is 3.30. The van der Waals surface area contributed by atoms with E-state index in [9.17, 15) is 9.59 Å². The molecule has 24 heavy (non-hydrogen) atoms. The normalized spacial score (nSPS) is 9.71. The van der Waals surface area contributed by atoms with Crippen molar-refractivity contribution >= 4 is 17.6 Å². The molecule has 1 N–H and O–H groups in total. The third kappa shape index (κ3) is 4.11. The Bertz CT molecular complexity index is 809. The van der Waals surface area contributed by atoms with Crippen molar-refractivity contribution in [2.45, 2.75) is 6.92 Å². The van der Waals surface area contributed by atoms with Crippen molar-refractivity contribution < 1.29 is 19.1 Å². The lowest BCUT2D eigenvalue weighted by molar-refractivity contribution is -0.118. The molecule has 0 heterocycles. The van der Waals surface area contributed by atoms with Crippen LogP contribution in [0.2, 0.25) is 0 Å². The summed E-state index contributed by atoms with van der Waals surface area (Å²) < 4.78 is 10.0. The summed E-state index contributed by atoms with van der Waals surface area (Å²) in [6.45, 7) is 1.56. The van der Waals surface area contributed by atoms with E-state index < -0.39 is 11.9 Å². The predicted octanol–water partition coefficient (Wildman–Crippen LogP) is 2.67. The highest BCUT2D eigenvalue weighted by molar-refractivity contribution is 5.95. The number of amides is 1. The van der Waals surface area contributed by atoms with Gasteiger partial charge in [-0.05, 0) is 36.8 Å². The minimum atomic E-state index is -0.482. The Balaban J connectivity index is 2.05. The molecule has 0 aliphatic rings. The molecule has 0 atom stereocenters. The van der Waals surface area contributed by atoms with Crippen molar-refractivity contribution in [3.8, 4) is 11.8 Å². The molecule has 0 aliphatic heterocycles. The Morgan fingerprint density at radius 1 is 1.21 bits per heavy atom. The van der Waals surface area contributed by atoms with E-state index in [4.69, 9.17) is 10.00 Å². The monoisotopic (exact) mass is 324 g/mol. The summed E-state index contributed by atoms with van der Waals surface area (Å²) in [6, 6.07) is 13.5. The minimum Gasteiger partial charge on any atom is -0.482 e. The fourth-order valence-electron chi connectivity index (χ4n) is 2.02. The molecule has 1 amide bonds. The average molecular weight is 324 g/mol. The van der Waals surface area contributed by atoms with E-state index in [1.54, 1.807) is 42.5 Å². The molecule has 0 aliphatic carbocycles. The van der Waals surface area contributed by atoms with Crippen molar-refractivity contribution in [1.29, 1.82) is 5.26 Å². The van der Waals surface area contributed by atoms with E-state index in [1.807, 2.05) is 13.0 Å². The quantitative estimate of drug-likeness (QED) is 0.854. The van der Waals surface area contributed by atoms with Crippen LogP contribution in [0.5, 0.6) is 5.75 Å². The molecular formula is C18H16N2O4. The van der Waals surface area contributed by atoms with Crippen LogP contribution < -0.4 is 10.1 Å². The summed E-state index contributed by atoms with van der Waals surface area (Å²) in [6.07, 6.45) is 0. The van der Waals surface area contributed by atoms with Gasteiger partial charge in [-0.1, -0.05) is 18.2 Å². The minimum absolute atomic E-state index is 0.249. The van der Waals surface area contributed by atoms with Crippen LogP contribution in [0.1, 0.15) is 21.5 Å². The maximum Gasteiger partial charge on any atom is 0.337 e. The van der Waals surface area contributed by atoms with E-state index in [0.29, 0.717) is 22.6 Å². The fraction of sp³-hybridized carbons (Fsp3) is 0.167. The molecule has 6 nitrogen and oxygen atoms in total. The Labute approximate surface area is 139 Å². The lowest BCUT2D eigenvalue weighted by Gasteiger charge is -2.11. The highest BCUT2D eigenvalue weighted by atomic mass is 16.5. The van der Waals surface area contributed by atoms with Crippen LogP contribution in [-0.4, -0.2) is 25.6 Å². The number of benzene rings is 2. The molecule has 122 valence electrons. The molecule has 0 aromatic heterocycles. The van der Waals surface area contributed by atoms with Gasteiger partial charge in [0.25, 0.3) is 5.91 Å². The summed E-state index contributed by atoms with van der Waals surface area (Å²) in [5.41, 5.74) is 2.00. The molecule has 0 radical (unpaired) electrons. The highest BCUT2D eigenvalue weighted by Crippen LogP contribution is 2.19. The van der Waals surface area contributed by atoms with Crippen LogP contribution in [0.25, 0.3) is 0 Å². The van der Waals surface area contributed by atoms with Gasteiger partial charge in [0.2, 0.25) is 0 Å². The molecule has 0 saturated carbocycles. The van der Waals surface area contributed by atoms with E-state index in [-0.39, 0.29) is 6.61 Å². The first kappa shape index (κ1) is 17.0. The molecule has 2 aromatic rings. The number of carbonyl (C=O) groups excluding carboxylic acids is 2. The molecule has 2 aromatic carbocycles. The Kier molecular flexibility index (Phi) is 5.53. The number of ether oxygens (including phenoxy) is 2. The predicted molar refractivity (Wildman–Crippen MR) is 87.8 cm³/mol. The van der Waals surface area contributed by atoms with Gasteiger partial charge >= 0.3 is 5.97 Å².